The van der Waals surface area contributed by atoms with E-state index in [4.69, 9.17) is 23.2 Å². The minimum Gasteiger partial charge on any atom is -0.382 e. The summed E-state index contributed by atoms with van der Waals surface area (Å²) in [5, 5.41) is 21.3. The second-order valence-corrected chi connectivity index (χ2v) is 8.63. The van der Waals surface area contributed by atoms with E-state index in [-0.39, 0.29) is 29.6 Å². The molecule has 2 aromatic carbocycles. The van der Waals surface area contributed by atoms with Crippen LogP contribution in [0.5, 0.6) is 0 Å². The molecule has 1 amide bonds. The summed E-state index contributed by atoms with van der Waals surface area (Å²) >= 11 is 11.9. The van der Waals surface area contributed by atoms with Crippen LogP contribution in [-0.2, 0) is 13.1 Å². The predicted molar refractivity (Wildman–Crippen MR) is 128 cm³/mol. The number of alkyl halides is 3. The largest absolute Gasteiger partial charge is 0.416 e. The standard InChI is InChI=1S/C22H18Cl2F3N7O3/c1-28-20(36)19-29-17(30-34(19)15-4-2-3-14(24)9-15)11-33-21(37)32(10-16(35)22(25,26)27)18(31-33)12-5-7-13(23)8-6-12/h2-9,16,35H,10-11H2,1H3,(H,28,36). The van der Waals surface area contributed by atoms with Gasteiger partial charge in [0.05, 0.1) is 12.2 Å². The summed E-state index contributed by atoms with van der Waals surface area (Å²) in [5.41, 5.74) is -0.246. The first-order valence-corrected chi connectivity index (χ1v) is 11.4. The zero-order valence-corrected chi connectivity index (χ0v) is 20.5. The number of benzene rings is 2. The lowest BCUT2D eigenvalue weighted by molar-refractivity contribution is -0.207. The summed E-state index contributed by atoms with van der Waals surface area (Å²) in [4.78, 5) is 29.7. The molecule has 0 spiro atoms. The van der Waals surface area contributed by atoms with Crippen molar-refractivity contribution < 1.29 is 23.1 Å². The van der Waals surface area contributed by atoms with Gasteiger partial charge in [-0.2, -0.15) is 13.2 Å². The fourth-order valence-electron chi connectivity index (χ4n) is 3.40. The lowest BCUT2D eigenvalue weighted by atomic mass is 10.2. The van der Waals surface area contributed by atoms with Crippen molar-refractivity contribution in [2.45, 2.75) is 25.4 Å². The van der Waals surface area contributed by atoms with Crippen molar-refractivity contribution in [2.24, 2.45) is 0 Å². The number of hydrogen-bond acceptors (Lipinski definition) is 6. The van der Waals surface area contributed by atoms with Crippen molar-refractivity contribution in [2.75, 3.05) is 7.05 Å². The van der Waals surface area contributed by atoms with E-state index < -0.39 is 30.4 Å². The van der Waals surface area contributed by atoms with Gasteiger partial charge >= 0.3 is 11.9 Å². The molecule has 37 heavy (non-hydrogen) atoms. The molecule has 1 atom stereocenters. The number of nitrogens with zero attached hydrogens (tertiary/aromatic N) is 6. The van der Waals surface area contributed by atoms with Gasteiger partial charge in [0, 0.05) is 22.7 Å². The molecule has 15 heteroatoms. The fourth-order valence-corrected chi connectivity index (χ4v) is 3.71. The number of carbonyl (C=O) groups excluding carboxylic acids is 1. The summed E-state index contributed by atoms with van der Waals surface area (Å²) in [5.74, 6) is -0.848. The number of carbonyl (C=O) groups is 1. The lowest BCUT2D eigenvalue weighted by Crippen LogP contribution is -2.37. The highest BCUT2D eigenvalue weighted by Crippen LogP contribution is 2.24. The molecule has 0 fully saturated rings. The summed E-state index contributed by atoms with van der Waals surface area (Å²) in [6, 6.07) is 12.4. The smallest absolute Gasteiger partial charge is 0.382 e. The second-order valence-electron chi connectivity index (χ2n) is 7.76. The highest BCUT2D eigenvalue weighted by molar-refractivity contribution is 6.31. The molecule has 0 aliphatic rings. The summed E-state index contributed by atoms with van der Waals surface area (Å²) < 4.78 is 42.0. The van der Waals surface area contributed by atoms with E-state index in [2.05, 4.69) is 20.5 Å². The van der Waals surface area contributed by atoms with Gasteiger partial charge in [-0.25, -0.2) is 19.1 Å². The Balaban J connectivity index is 1.78. The van der Waals surface area contributed by atoms with Gasteiger partial charge in [-0.3, -0.25) is 9.36 Å². The van der Waals surface area contributed by atoms with E-state index in [9.17, 15) is 27.9 Å². The molecular weight excluding hydrogens is 538 g/mol. The number of aliphatic hydroxyl groups is 1. The van der Waals surface area contributed by atoms with Crippen LogP contribution in [0.1, 0.15) is 16.4 Å². The number of aromatic nitrogens is 6. The lowest BCUT2D eigenvalue weighted by Gasteiger charge is -2.15. The topological polar surface area (TPSA) is 120 Å². The van der Waals surface area contributed by atoms with E-state index in [0.29, 0.717) is 20.3 Å². The molecule has 0 bridgehead atoms. The maximum absolute atomic E-state index is 13.1. The Morgan fingerprint density at radius 3 is 2.43 bits per heavy atom. The molecule has 0 aliphatic heterocycles. The molecule has 2 heterocycles. The third-order valence-corrected chi connectivity index (χ3v) is 5.67. The molecule has 4 rings (SSSR count). The normalized spacial score (nSPS) is 12.5. The van der Waals surface area contributed by atoms with E-state index in [1.807, 2.05) is 0 Å². The first-order valence-electron chi connectivity index (χ1n) is 10.6. The molecule has 0 saturated heterocycles. The van der Waals surface area contributed by atoms with Crippen molar-refractivity contribution in [3.8, 4) is 17.1 Å². The summed E-state index contributed by atoms with van der Waals surface area (Å²) in [7, 11) is 1.40. The van der Waals surface area contributed by atoms with Crippen molar-refractivity contribution in [1.29, 1.82) is 0 Å². The minimum atomic E-state index is -4.96. The molecule has 1 unspecified atom stereocenters. The fraction of sp³-hybridized carbons (Fsp3) is 0.227. The van der Waals surface area contributed by atoms with Crippen LogP contribution in [-0.4, -0.2) is 59.5 Å². The van der Waals surface area contributed by atoms with Crippen molar-refractivity contribution >= 4 is 29.1 Å². The number of aliphatic hydroxyl groups excluding tert-OH is 1. The van der Waals surface area contributed by atoms with Gasteiger partial charge in [0.2, 0.25) is 5.82 Å². The van der Waals surface area contributed by atoms with Crippen LogP contribution in [0.25, 0.3) is 17.1 Å². The molecule has 2 aromatic heterocycles. The van der Waals surface area contributed by atoms with Crippen molar-refractivity contribution in [3.63, 3.8) is 0 Å². The van der Waals surface area contributed by atoms with Crippen LogP contribution >= 0.6 is 23.2 Å². The maximum atomic E-state index is 13.1. The SMILES string of the molecule is CNC(=O)c1nc(Cn2nc(-c3ccc(Cl)cc3)n(CC(O)C(F)(F)F)c2=O)nn1-c1cccc(Cl)c1. The number of rotatable bonds is 7. The second kappa shape index (κ2) is 10.4. The van der Waals surface area contributed by atoms with Crippen LogP contribution in [0.2, 0.25) is 10.0 Å². The zero-order valence-electron chi connectivity index (χ0n) is 18.9. The Morgan fingerprint density at radius 2 is 1.81 bits per heavy atom. The van der Waals surface area contributed by atoms with E-state index in [1.54, 1.807) is 24.3 Å². The highest BCUT2D eigenvalue weighted by Gasteiger charge is 2.39. The quantitative estimate of drug-likeness (QED) is 0.362. The van der Waals surface area contributed by atoms with Crippen LogP contribution in [0.15, 0.2) is 53.3 Å². The van der Waals surface area contributed by atoms with E-state index in [0.717, 1.165) is 4.68 Å². The Kier molecular flexibility index (Phi) is 7.39. The third kappa shape index (κ3) is 5.68. The Bertz CT molecular complexity index is 1500. The first-order chi connectivity index (χ1) is 17.5. The van der Waals surface area contributed by atoms with Gasteiger partial charge in [0.15, 0.2) is 17.8 Å². The van der Waals surface area contributed by atoms with Crippen LogP contribution in [0.4, 0.5) is 13.2 Å². The van der Waals surface area contributed by atoms with Gasteiger partial charge in [-0.05, 0) is 42.5 Å². The average molecular weight is 556 g/mol. The van der Waals surface area contributed by atoms with Gasteiger partial charge in [0.1, 0.15) is 6.54 Å². The number of halogens is 5. The number of amides is 1. The van der Waals surface area contributed by atoms with E-state index in [1.165, 1.54) is 36.0 Å². The van der Waals surface area contributed by atoms with Gasteiger partial charge < -0.3 is 10.4 Å². The molecule has 2 N–H and O–H groups in total. The van der Waals surface area contributed by atoms with Gasteiger partial charge in [0.25, 0.3) is 5.91 Å². The van der Waals surface area contributed by atoms with Gasteiger partial charge in [-0.15, -0.1) is 10.2 Å². The molecule has 10 nitrogen and oxygen atoms in total. The molecule has 0 aliphatic carbocycles. The number of nitrogens with one attached hydrogen (secondary N) is 1. The number of hydrogen-bond donors (Lipinski definition) is 2. The third-order valence-electron chi connectivity index (χ3n) is 5.18. The first kappa shape index (κ1) is 26.4. The highest BCUT2D eigenvalue weighted by atomic mass is 35.5. The minimum absolute atomic E-state index is 0.0237. The molecule has 0 saturated carbocycles. The monoisotopic (exact) mass is 555 g/mol. The summed E-state index contributed by atoms with van der Waals surface area (Å²) in [6.45, 7) is -1.47. The zero-order chi connectivity index (χ0) is 26.9. The van der Waals surface area contributed by atoms with E-state index >= 15 is 0 Å². The Labute approximate surface area is 216 Å². The average Bonchev–Trinajstić information content (AvgIpc) is 3.40. The maximum Gasteiger partial charge on any atom is 0.416 e. The Morgan fingerprint density at radius 1 is 1.11 bits per heavy atom. The van der Waals surface area contributed by atoms with Crippen LogP contribution in [0, 0.1) is 0 Å². The predicted octanol–water partition coefficient (Wildman–Crippen LogP) is 2.93. The van der Waals surface area contributed by atoms with Crippen molar-refractivity contribution in [1.82, 2.24) is 34.4 Å². The molecule has 4 aromatic rings. The molecule has 0 radical (unpaired) electrons. The molecule has 194 valence electrons. The Hall–Kier alpha value is -3.68. The van der Waals surface area contributed by atoms with Crippen LogP contribution in [0.3, 0.4) is 0 Å². The van der Waals surface area contributed by atoms with Crippen LogP contribution < -0.4 is 11.0 Å². The summed E-state index contributed by atoms with van der Waals surface area (Å²) in [6.07, 6.45) is -7.77. The van der Waals surface area contributed by atoms with Crippen molar-refractivity contribution in [3.05, 3.63) is 80.7 Å². The van der Waals surface area contributed by atoms with Gasteiger partial charge in [-0.1, -0.05) is 29.3 Å². The molecular formula is C22H18Cl2F3N7O3.